The molecule has 1 radical (unpaired) electrons. The van der Waals surface area contributed by atoms with Gasteiger partial charge in [-0.15, -0.1) is 0 Å². The molecular weight excluding hydrogens is 244 g/mol. The summed E-state index contributed by atoms with van der Waals surface area (Å²) in [6, 6.07) is 13.7. The summed E-state index contributed by atoms with van der Waals surface area (Å²) < 4.78 is 0. The van der Waals surface area contributed by atoms with Crippen molar-refractivity contribution in [2.24, 2.45) is 0 Å². The lowest BCUT2D eigenvalue weighted by atomic mass is 10.0. The number of unbranched alkanes of at least 4 members (excludes halogenated alkanes) is 1. The minimum Gasteiger partial charge on any atom is -0.298 e. The molecule has 2 heteroatoms. The fourth-order valence-electron chi connectivity index (χ4n) is 2.41. The lowest BCUT2D eigenvalue weighted by Gasteiger charge is -2.18. The summed E-state index contributed by atoms with van der Waals surface area (Å²) in [7, 11) is 2.16. The molecule has 0 aliphatic heterocycles. The van der Waals surface area contributed by atoms with Gasteiger partial charge in [0.1, 0.15) is 0 Å². The van der Waals surface area contributed by atoms with Gasteiger partial charge in [-0.05, 0) is 54.8 Å². The average molecular weight is 267 g/mol. The van der Waals surface area contributed by atoms with Gasteiger partial charge in [-0.1, -0.05) is 31.5 Å². The van der Waals surface area contributed by atoms with Crippen molar-refractivity contribution < 1.29 is 0 Å². The summed E-state index contributed by atoms with van der Waals surface area (Å²) in [4.78, 5) is 6.50. The van der Waals surface area contributed by atoms with E-state index in [1.54, 1.807) is 0 Å². The van der Waals surface area contributed by atoms with Crippen molar-refractivity contribution in [1.29, 1.82) is 0 Å². The molecule has 2 aromatic rings. The Morgan fingerprint density at radius 2 is 2.10 bits per heavy atom. The Balaban J connectivity index is 1.98. The van der Waals surface area contributed by atoms with E-state index in [9.17, 15) is 0 Å². The molecule has 0 N–H and O–H groups in total. The Morgan fingerprint density at radius 3 is 2.85 bits per heavy atom. The second-order valence-electron chi connectivity index (χ2n) is 5.33. The molecule has 1 aromatic carbocycles. The zero-order valence-corrected chi connectivity index (χ0v) is 12.5. The smallest absolute Gasteiger partial charge is 0.0312 e. The first-order chi connectivity index (χ1) is 9.79. The largest absolute Gasteiger partial charge is 0.298 e. The monoisotopic (exact) mass is 267 g/mol. The molecule has 0 spiro atoms. The van der Waals surface area contributed by atoms with E-state index in [1.807, 2.05) is 24.5 Å². The fraction of sp³-hybridized carbons (Fsp3) is 0.389. The molecule has 1 aromatic heterocycles. The van der Waals surface area contributed by atoms with Gasteiger partial charge >= 0.3 is 0 Å². The van der Waals surface area contributed by atoms with Crippen molar-refractivity contribution in [2.45, 2.75) is 39.3 Å². The third-order valence-corrected chi connectivity index (χ3v) is 3.47. The number of hydrogen-bond donors (Lipinski definition) is 0. The van der Waals surface area contributed by atoms with Crippen LogP contribution in [0.15, 0.2) is 42.7 Å². The number of aryl methyl sites for hydroxylation is 1. The number of aromatic nitrogens is 1. The van der Waals surface area contributed by atoms with Gasteiger partial charge in [-0.25, -0.2) is 0 Å². The van der Waals surface area contributed by atoms with E-state index >= 15 is 0 Å². The fourth-order valence-corrected chi connectivity index (χ4v) is 2.41. The molecule has 20 heavy (non-hydrogen) atoms. The number of benzene rings is 1. The third kappa shape index (κ3) is 4.46. The maximum absolute atomic E-state index is 4.17. The van der Waals surface area contributed by atoms with Crippen LogP contribution in [-0.2, 0) is 19.5 Å². The number of rotatable bonds is 7. The molecule has 0 unspecified atom stereocenters. The van der Waals surface area contributed by atoms with Gasteiger partial charge in [0.25, 0.3) is 0 Å². The minimum atomic E-state index is 0.927. The van der Waals surface area contributed by atoms with Crippen molar-refractivity contribution >= 4 is 0 Å². The highest BCUT2D eigenvalue weighted by molar-refractivity contribution is 5.26. The van der Waals surface area contributed by atoms with Gasteiger partial charge in [0.15, 0.2) is 0 Å². The van der Waals surface area contributed by atoms with E-state index in [0.717, 1.165) is 13.1 Å². The summed E-state index contributed by atoms with van der Waals surface area (Å²) >= 11 is 0. The Labute approximate surface area is 122 Å². The Bertz CT molecular complexity index is 508. The van der Waals surface area contributed by atoms with Gasteiger partial charge in [0.05, 0.1) is 0 Å². The van der Waals surface area contributed by atoms with Gasteiger partial charge in [0, 0.05) is 25.5 Å². The lowest BCUT2D eigenvalue weighted by Crippen LogP contribution is -2.18. The zero-order valence-electron chi connectivity index (χ0n) is 12.5. The molecule has 0 bridgehead atoms. The van der Waals surface area contributed by atoms with Crippen LogP contribution in [0.2, 0.25) is 0 Å². The average Bonchev–Trinajstić information content (AvgIpc) is 2.47. The molecule has 2 nitrogen and oxygen atoms in total. The van der Waals surface area contributed by atoms with Crippen LogP contribution in [0.25, 0.3) is 0 Å². The van der Waals surface area contributed by atoms with Crippen molar-refractivity contribution in [3.63, 3.8) is 0 Å². The van der Waals surface area contributed by atoms with Crippen LogP contribution in [0.5, 0.6) is 0 Å². The predicted molar refractivity (Wildman–Crippen MR) is 83.3 cm³/mol. The van der Waals surface area contributed by atoms with Crippen molar-refractivity contribution in [2.75, 3.05) is 7.05 Å². The molecule has 0 amide bonds. The summed E-state index contributed by atoms with van der Waals surface area (Å²) in [5.74, 6) is 0. The van der Waals surface area contributed by atoms with Gasteiger partial charge in [-0.3, -0.25) is 9.88 Å². The van der Waals surface area contributed by atoms with E-state index in [1.165, 1.54) is 36.0 Å². The molecule has 1 heterocycles. The molecular formula is C18H23N2. The zero-order chi connectivity index (χ0) is 14.2. The first-order valence-corrected chi connectivity index (χ1v) is 7.35. The van der Waals surface area contributed by atoms with Crippen LogP contribution < -0.4 is 0 Å². The van der Waals surface area contributed by atoms with Crippen LogP contribution in [0.4, 0.5) is 0 Å². The van der Waals surface area contributed by atoms with Gasteiger partial charge < -0.3 is 0 Å². The number of pyridine rings is 1. The highest BCUT2D eigenvalue weighted by atomic mass is 15.1. The van der Waals surface area contributed by atoms with E-state index in [2.05, 4.69) is 48.1 Å². The maximum atomic E-state index is 4.17. The van der Waals surface area contributed by atoms with Crippen LogP contribution in [0.3, 0.4) is 0 Å². The third-order valence-electron chi connectivity index (χ3n) is 3.47. The number of nitrogens with zero attached hydrogens (tertiary/aromatic N) is 2. The Kier molecular flexibility index (Phi) is 5.75. The quantitative estimate of drug-likeness (QED) is 0.757. The molecule has 0 fully saturated rings. The second-order valence-corrected chi connectivity index (χ2v) is 5.33. The Hall–Kier alpha value is -1.67. The molecule has 0 aliphatic rings. The summed E-state index contributed by atoms with van der Waals surface area (Å²) in [5.41, 5.74) is 4.11. The first-order valence-electron chi connectivity index (χ1n) is 7.35. The van der Waals surface area contributed by atoms with Crippen molar-refractivity contribution in [3.05, 3.63) is 65.5 Å². The SMILES string of the molecule is CCCCc1cc[c]cc1CN(C)Cc1cccnc1. The summed E-state index contributed by atoms with van der Waals surface area (Å²) in [6.45, 7) is 4.13. The molecule has 0 atom stereocenters. The first kappa shape index (κ1) is 14.7. The maximum Gasteiger partial charge on any atom is 0.0312 e. The van der Waals surface area contributed by atoms with Crippen LogP contribution in [-0.4, -0.2) is 16.9 Å². The molecule has 0 aliphatic carbocycles. The van der Waals surface area contributed by atoms with Crippen LogP contribution in [0.1, 0.15) is 36.5 Å². The van der Waals surface area contributed by atoms with Crippen LogP contribution >= 0.6 is 0 Å². The van der Waals surface area contributed by atoms with Gasteiger partial charge in [-0.2, -0.15) is 0 Å². The standard InChI is InChI=1S/C18H23N2/c1-3-4-9-17-10-5-6-11-18(17)15-20(2)14-16-8-7-12-19-13-16/h5,7-8,10-13H,3-4,9,14-15H2,1-2H3. The summed E-state index contributed by atoms with van der Waals surface area (Å²) in [5, 5.41) is 0. The normalized spacial score (nSPS) is 10.9. The van der Waals surface area contributed by atoms with Crippen molar-refractivity contribution in [1.82, 2.24) is 9.88 Å². The minimum absolute atomic E-state index is 0.927. The van der Waals surface area contributed by atoms with E-state index in [-0.39, 0.29) is 0 Å². The highest BCUT2D eigenvalue weighted by Crippen LogP contribution is 2.15. The second kappa shape index (κ2) is 7.81. The number of hydrogen-bond acceptors (Lipinski definition) is 2. The van der Waals surface area contributed by atoms with E-state index in [4.69, 9.17) is 0 Å². The highest BCUT2D eigenvalue weighted by Gasteiger charge is 2.06. The summed E-state index contributed by atoms with van der Waals surface area (Å²) in [6.07, 6.45) is 7.41. The topological polar surface area (TPSA) is 16.1 Å². The lowest BCUT2D eigenvalue weighted by molar-refractivity contribution is 0.317. The van der Waals surface area contributed by atoms with Crippen molar-refractivity contribution in [3.8, 4) is 0 Å². The molecule has 0 saturated carbocycles. The molecule has 0 saturated heterocycles. The van der Waals surface area contributed by atoms with E-state index in [0.29, 0.717) is 0 Å². The molecule has 105 valence electrons. The molecule has 2 rings (SSSR count). The predicted octanol–water partition coefficient (Wildman–Crippen LogP) is 3.86. The Morgan fingerprint density at radius 1 is 1.20 bits per heavy atom. The van der Waals surface area contributed by atoms with Gasteiger partial charge in [0.2, 0.25) is 0 Å². The van der Waals surface area contributed by atoms with E-state index < -0.39 is 0 Å². The van der Waals surface area contributed by atoms with Crippen LogP contribution in [0, 0.1) is 6.07 Å².